The zero-order chi connectivity index (χ0) is 23.2. The molecule has 4 rings (SSSR count). The van der Waals surface area contributed by atoms with Gasteiger partial charge in [-0.15, -0.1) is 0 Å². The first-order chi connectivity index (χ1) is 16.1. The predicted molar refractivity (Wildman–Crippen MR) is 135 cm³/mol. The van der Waals surface area contributed by atoms with Crippen LogP contribution in [0.25, 0.3) is 11.1 Å². The van der Waals surface area contributed by atoms with E-state index in [-0.39, 0.29) is 5.91 Å². The Bertz CT molecular complexity index is 1240. The number of hydrogen-bond acceptors (Lipinski definition) is 6. The van der Waals surface area contributed by atoms with E-state index >= 15 is 0 Å². The lowest BCUT2D eigenvalue weighted by atomic mass is 10.1. The van der Waals surface area contributed by atoms with E-state index in [2.05, 4.69) is 16.0 Å². The molecule has 0 radical (unpaired) electrons. The fourth-order valence-corrected chi connectivity index (χ4v) is 4.06. The normalized spacial score (nSPS) is 10.5. The van der Waals surface area contributed by atoms with E-state index in [9.17, 15) is 4.79 Å². The van der Waals surface area contributed by atoms with Crippen molar-refractivity contribution >= 4 is 34.3 Å². The van der Waals surface area contributed by atoms with Crippen LogP contribution < -0.4 is 25.8 Å². The van der Waals surface area contributed by atoms with E-state index < -0.39 is 0 Å². The van der Waals surface area contributed by atoms with E-state index in [1.165, 1.54) is 0 Å². The summed E-state index contributed by atoms with van der Waals surface area (Å²) in [7, 11) is 3.22. The Kier molecular flexibility index (Phi) is 6.80. The van der Waals surface area contributed by atoms with Gasteiger partial charge in [0.15, 0.2) is 11.5 Å². The van der Waals surface area contributed by atoms with Crippen molar-refractivity contribution in [2.45, 2.75) is 6.54 Å². The van der Waals surface area contributed by atoms with Crippen LogP contribution in [0.2, 0.25) is 0 Å². The monoisotopic (exact) mass is 459 g/mol. The van der Waals surface area contributed by atoms with Gasteiger partial charge in [0.2, 0.25) is 0 Å². The van der Waals surface area contributed by atoms with Crippen molar-refractivity contribution in [2.24, 2.45) is 0 Å². The predicted octanol–water partition coefficient (Wildman–Crippen LogP) is 5.88. The zero-order valence-corrected chi connectivity index (χ0v) is 19.2. The molecule has 0 aliphatic carbocycles. The van der Waals surface area contributed by atoms with Crippen molar-refractivity contribution < 1.29 is 14.3 Å². The van der Waals surface area contributed by atoms with Crippen molar-refractivity contribution in [2.75, 3.05) is 30.6 Å². The molecule has 168 valence electrons. The number of thiophene rings is 1. The molecule has 3 aromatic carbocycles. The van der Waals surface area contributed by atoms with Crippen LogP contribution >= 0.6 is 11.3 Å². The molecule has 0 bridgehead atoms. The average molecular weight is 460 g/mol. The van der Waals surface area contributed by atoms with Crippen LogP contribution in [0.4, 0.5) is 17.1 Å². The van der Waals surface area contributed by atoms with Crippen LogP contribution in [-0.4, -0.2) is 20.1 Å². The van der Waals surface area contributed by atoms with Crippen molar-refractivity contribution in [1.29, 1.82) is 0 Å². The first-order valence-electron chi connectivity index (χ1n) is 10.4. The molecule has 0 atom stereocenters. The molecule has 0 fully saturated rings. The Hall–Kier alpha value is -3.97. The fraction of sp³-hybridized carbons (Fsp3) is 0.115. The Balaban J connectivity index is 1.40. The van der Waals surface area contributed by atoms with Crippen LogP contribution in [0.5, 0.6) is 11.5 Å². The molecule has 1 amide bonds. The summed E-state index contributed by atoms with van der Waals surface area (Å²) >= 11 is 1.63. The minimum absolute atomic E-state index is 0.205. The third-order valence-electron chi connectivity index (χ3n) is 5.25. The molecule has 0 unspecified atom stereocenters. The number of anilines is 3. The minimum Gasteiger partial charge on any atom is -0.493 e. The van der Waals surface area contributed by atoms with Gasteiger partial charge in [-0.2, -0.15) is 11.3 Å². The van der Waals surface area contributed by atoms with Gasteiger partial charge in [-0.25, -0.2) is 0 Å². The van der Waals surface area contributed by atoms with Crippen molar-refractivity contribution in [3.63, 3.8) is 0 Å². The molecule has 0 aliphatic rings. The van der Waals surface area contributed by atoms with Gasteiger partial charge >= 0.3 is 0 Å². The summed E-state index contributed by atoms with van der Waals surface area (Å²) in [5, 5.41) is 10.4. The maximum Gasteiger partial charge on any atom is 0.255 e. The lowest BCUT2D eigenvalue weighted by Crippen LogP contribution is -2.13. The first-order valence-corrected chi connectivity index (χ1v) is 11.3. The number of nitrogens with two attached hydrogens (primary N) is 1. The topological polar surface area (TPSA) is 85.6 Å². The second kappa shape index (κ2) is 10.1. The number of methoxy groups -OCH3 is 2. The molecule has 1 heterocycles. The Morgan fingerprint density at radius 2 is 1.70 bits per heavy atom. The lowest BCUT2D eigenvalue weighted by Gasteiger charge is -2.12. The number of rotatable bonds is 8. The van der Waals surface area contributed by atoms with Gasteiger partial charge in [0.25, 0.3) is 5.91 Å². The van der Waals surface area contributed by atoms with Crippen LogP contribution in [-0.2, 0) is 6.54 Å². The molecule has 33 heavy (non-hydrogen) atoms. The molecule has 0 aliphatic heterocycles. The summed E-state index contributed by atoms with van der Waals surface area (Å²) in [5.41, 5.74) is 11.8. The number of nitrogen functional groups attached to an aromatic ring is 1. The molecule has 0 spiro atoms. The highest BCUT2D eigenvalue weighted by atomic mass is 32.1. The maximum atomic E-state index is 12.8. The molecule has 1 aromatic heterocycles. The molecule has 0 saturated heterocycles. The van der Waals surface area contributed by atoms with Crippen molar-refractivity contribution in [3.05, 3.63) is 88.6 Å². The number of ether oxygens (including phenoxy) is 2. The van der Waals surface area contributed by atoms with E-state index in [0.29, 0.717) is 35.0 Å². The number of carbonyl (C=O) groups excluding carboxylic acids is 1. The lowest BCUT2D eigenvalue weighted by molar-refractivity contribution is 0.102. The number of amides is 1. The largest absolute Gasteiger partial charge is 0.493 e. The highest BCUT2D eigenvalue weighted by molar-refractivity contribution is 7.08. The van der Waals surface area contributed by atoms with Crippen molar-refractivity contribution in [3.8, 4) is 22.6 Å². The third kappa shape index (κ3) is 5.27. The number of nitrogens with one attached hydrogen (secondary N) is 2. The maximum absolute atomic E-state index is 12.8. The van der Waals surface area contributed by atoms with E-state index in [0.717, 1.165) is 22.4 Å². The minimum atomic E-state index is -0.205. The first kappa shape index (κ1) is 22.2. The smallest absolute Gasteiger partial charge is 0.255 e. The highest BCUT2D eigenvalue weighted by Gasteiger charge is 2.10. The number of hydrogen-bond donors (Lipinski definition) is 3. The summed E-state index contributed by atoms with van der Waals surface area (Å²) in [6, 6.07) is 20.8. The second-order valence-corrected chi connectivity index (χ2v) is 8.17. The number of benzene rings is 3. The van der Waals surface area contributed by atoms with Gasteiger partial charge in [0.05, 0.1) is 25.6 Å². The molecule has 4 aromatic rings. The van der Waals surface area contributed by atoms with E-state index in [1.54, 1.807) is 37.7 Å². The molecule has 7 heteroatoms. The Labute approximate surface area is 197 Å². The quantitative estimate of drug-likeness (QED) is 0.287. The second-order valence-electron chi connectivity index (χ2n) is 7.39. The summed E-state index contributed by atoms with van der Waals surface area (Å²) < 4.78 is 10.6. The summed E-state index contributed by atoms with van der Waals surface area (Å²) in [6.07, 6.45) is 0. The van der Waals surface area contributed by atoms with Crippen LogP contribution in [0.3, 0.4) is 0 Å². The molecule has 4 N–H and O–H groups in total. The summed E-state index contributed by atoms with van der Waals surface area (Å²) in [6.45, 7) is 0.604. The molecular formula is C26H25N3O3S. The molecule has 0 saturated carbocycles. The van der Waals surface area contributed by atoms with Gasteiger partial charge < -0.3 is 25.8 Å². The van der Waals surface area contributed by atoms with Crippen LogP contribution in [0.1, 0.15) is 15.9 Å². The SMILES string of the molecule is COc1ccc(NCc2ccc(C(=O)Nc3cc(-c4ccsc4)ccc3N)cc2)cc1OC. The van der Waals surface area contributed by atoms with Crippen LogP contribution in [0.15, 0.2) is 77.5 Å². The zero-order valence-electron chi connectivity index (χ0n) is 18.4. The van der Waals surface area contributed by atoms with Crippen LogP contribution in [0, 0.1) is 0 Å². The standard InChI is InChI=1S/C26H25N3O3S/c1-31-24-10-8-21(14-25(24)32-2)28-15-17-3-5-18(6-4-17)26(30)29-23-13-19(7-9-22(23)27)20-11-12-33-16-20/h3-14,16,28H,15,27H2,1-2H3,(H,29,30). The average Bonchev–Trinajstić information content (AvgIpc) is 3.39. The van der Waals surface area contributed by atoms with E-state index in [1.807, 2.05) is 60.0 Å². The van der Waals surface area contributed by atoms with Gasteiger partial charge in [-0.3, -0.25) is 4.79 Å². The Morgan fingerprint density at radius 1 is 0.909 bits per heavy atom. The highest BCUT2D eigenvalue weighted by Crippen LogP contribution is 2.30. The Morgan fingerprint density at radius 3 is 2.39 bits per heavy atom. The summed E-state index contributed by atoms with van der Waals surface area (Å²) in [4.78, 5) is 12.8. The van der Waals surface area contributed by atoms with E-state index in [4.69, 9.17) is 15.2 Å². The summed E-state index contributed by atoms with van der Waals surface area (Å²) in [5.74, 6) is 1.14. The fourth-order valence-electron chi connectivity index (χ4n) is 3.39. The van der Waals surface area contributed by atoms with Crippen molar-refractivity contribution in [1.82, 2.24) is 0 Å². The molecule has 6 nitrogen and oxygen atoms in total. The van der Waals surface area contributed by atoms with Gasteiger partial charge in [0.1, 0.15) is 0 Å². The third-order valence-corrected chi connectivity index (χ3v) is 5.94. The van der Waals surface area contributed by atoms with Gasteiger partial charge in [0, 0.05) is 23.9 Å². The number of carbonyl (C=O) groups is 1. The van der Waals surface area contributed by atoms with Gasteiger partial charge in [-0.1, -0.05) is 18.2 Å². The molecular weight excluding hydrogens is 434 g/mol. The van der Waals surface area contributed by atoms with Gasteiger partial charge in [-0.05, 0) is 69.9 Å².